The fraction of sp³-hybridized carbons (Fsp3) is 0.211. The lowest BCUT2D eigenvalue weighted by molar-refractivity contribution is -0.235. The first-order chi connectivity index (χ1) is 12.6. The van der Waals surface area contributed by atoms with Crippen molar-refractivity contribution in [2.24, 2.45) is 0 Å². The van der Waals surface area contributed by atoms with Gasteiger partial charge in [0, 0.05) is 12.0 Å². The Morgan fingerprint density at radius 3 is 2.23 bits per heavy atom. The van der Waals surface area contributed by atoms with Gasteiger partial charge in [0.05, 0.1) is 17.7 Å². The second-order valence-electron chi connectivity index (χ2n) is 5.89. The predicted molar refractivity (Wildman–Crippen MR) is 87.7 cm³/mol. The molecule has 0 spiro atoms. The molecule has 0 radical (unpaired) electrons. The van der Waals surface area contributed by atoms with Gasteiger partial charge in [0.2, 0.25) is 0 Å². The molecule has 2 amide bonds. The molecule has 0 aliphatic carbocycles. The number of hydroxylamine groups is 2. The third-order valence-electron chi connectivity index (χ3n) is 4.21. The third kappa shape index (κ3) is 2.87. The first kappa shape index (κ1) is 16.4. The lowest BCUT2D eigenvalue weighted by Crippen LogP contribution is -2.40. The van der Waals surface area contributed by atoms with Crippen LogP contribution in [0, 0.1) is 0 Å². The topological polar surface area (TPSA) is 82.1 Å². The number of fused-ring (bicyclic) bond motifs is 1. The maximum Gasteiger partial charge on any atom is 0.361 e. The highest BCUT2D eigenvalue weighted by atomic mass is 16.8. The van der Waals surface area contributed by atoms with Crippen LogP contribution >= 0.6 is 0 Å². The number of carbonyl (C=O) groups is 3. The average molecular weight is 353 g/mol. The normalized spacial score (nSPS) is 22.2. The Morgan fingerprint density at radius 1 is 0.962 bits per heavy atom. The van der Waals surface area contributed by atoms with Gasteiger partial charge in [0.25, 0.3) is 11.8 Å². The number of hydrogen-bond acceptors (Lipinski definition) is 6. The van der Waals surface area contributed by atoms with Crippen LogP contribution in [-0.2, 0) is 19.1 Å². The molecule has 2 aromatic rings. The van der Waals surface area contributed by atoms with Gasteiger partial charge in [0.15, 0.2) is 12.4 Å². The molecule has 2 heterocycles. The molecule has 0 saturated carbocycles. The quantitative estimate of drug-likeness (QED) is 0.787. The molecule has 26 heavy (non-hydrogen) atoms. The van der Waals surface area contributed by atoms with Gasteiger partial charge in [-0.05, 0) is 12.1 Å². The summed E-state index contributed by atoms with van der Waals surface area (Å²) in [6, 6.07) is 15.5. The van der Waals surface area contributed by atoms with E-state index in [4.69, 9.17) is 14.3 Å². The van der Waals surface area contributed by atoms with E-state index in [1.165, 1.54) is 12.1 Å². The van der Waals surface area contributed by atoms with E-state index in [9.17, 15) is 14.4 Å². The summed E-state index contributed by atoms with van der Waals surface area (Å²) in [5.41, 5.74) is 1.19. The SMILES string of the molecule is O=C(ON1C(=O)c2ccccc2C1=O)C1CCOC(c2ccccc2)O1. The summed E-state index contributed by atoms with van der Waals surface area (Å²) in [4.78, 5) is 42.0. The van der Waals surface area contributed by atoms with Crippen molar-refractivity contribution in [3.63, 3.8) is 0 Å². The molecule has 0 bridgehead atoms. The minimum absolute atomic E-state index is 0.209. The fourth-order valence-corrected chi connectivity index (χ4v) is 2.90. The van der Waals surface area contributed by atoms with Crippen molar-refractivity contribution in [3.05, 3.63) is 71.3 Å². The first-order valence-electron chi connectivity index (χ1n) is 8.17. The molecule has 132 valence electrons. The predicted octanol–water partition coefficient (Wildman–Crippen LogP) is 2.25. The molecule has 1 fully saturated rings. The number of rotatable bonds is 3. The zero-order chi connectivity index (χ0) is 18.1. The maximum atomic E-state index is 12.4. The van der Waals surface area contributed by atoms with Gasteiger partial charge in [-0.3, -0.25) is 9.59 Å². The van der Waals surface area contributed by atoms with Crippen molar-refractivity contribution in [2.45, 2.75) is 18.8 Å². The van der Waals surface area contributed by atoms with Crippen LogP contribution in [0.1, 0.15) is 39.0 Å². The van der Waals surface area contributed by atoms with Gasteiger partial charge in [0.1, 0.15) is 0 Å². The average Bonchev–Trinajstić information content (AvgIpc) is 2.94. The fourth-order valence-electron chi connectivity index (χ4n) is 2.90. The molecule has 2 atom stereocenters. The van der Waals surface area contributed by atoms with Crippen molar-refractivity contribution in [1.29, 1.82) is 0 Å². The number of carbonyl (C=O) groups excluding carboxylic acids is 3. The summed E-state index contributed by atoms with van der Waals surface area (Å²) in [6.45, 7) is 0.293. The zero-order valence-corrected chi connectivity index (χ0v) is 13.7. The standard InChI is InChI=1S/C19H15NO6/c21-16-13-8-4-5-9-14(13)17(22)20(16)26-18(23)15-10-11-24-19(25-15)12-6-2-1-3-7-12/h1-9,15,19H,10-11H2. The molecule has 0 N–H and O–H groups in total. The minimum atomic E-state index is -0.932. The van der Waals surface area contributed by atoms with Crippen LogP contribution in [0.5, 0.6) is 0 Å². The van der Waals surface area contributed by atoms with E-state index in [2.05, 4.69) is 0 Å². The van der Waals surface area contributed by atoms with E-state index in [1.807, 2.05) is 30.3 Å². The summed E-state index contributed by atoms with van der Waals surface area (Å²) in [5.74, 6) is -2.13. The first-order valence-corrected chi connectivity index (χ1v) is 8.17. The molecule has 7 nitrogen and oxygen atoms in total. The molecule has 2 aromatic carbocycles. The lowest BCUT2D eigenvalue weighted by atomic mass is 10.1. The van der Waals surface area contributed by atoms with Gasteiger partial charge in [-0.1, -0.05) is 47.5 Å². The van der Waals surface area contributed by atoms with E-state index < -0.39 is 30.2 Å². The van der Waals surface area contributed by atoms with Crippen LogP contribution < -0.4 is 0 Å². The summed E-state index contributed by atoms with van der Waals surface area (Å²) in [6.07, 6.45) is -1.37. The Hall–Kier alpha value is -3.03. The number of amides is 2. The van der Waals surface area contributed by atoms with Crippen LogP contribution in [0.4, 0.5) is 0 Å². The van der Waals surface area contributed by atoms with Gasteiger partial charge in [-0.25, -0.2) is 4.79 Å². The largest absolute Gasteiger partial charge is 0.361 e. The van der Waals surface area contributed by atoms with Gasteiger partial charge >= 0.3 is 5.97 Å². The van der Waals surface area contributed by atoms with Crippen molar-refractivity contribution in [1.82, 2.24) is 5.06 Å². The highest BCUT2D eigenvalue weighted by Gasteiger charge is 2.41. The van der Waals surface area contributed by atoms with Crippen LogP contribution in [-0.4, -0.2) is 35.6 Å². The van der Waals surface area contributed by atoms with Crippen molar-refractivity contribution >= 4 is 17.8 Å². The highest BCUT2D eigenvalue weighted by molar-refractivity contribution is 6.20. The molecular weight excluding hydrogens is 338 g/mol. The number of imide groups is 1. The summed E-state index contributed by atoms with van der Waals surface area (Å²) in [7, 11) is 0. The van der Waals surface area contributed by atoms with E-state index in [1.54, 1.807) is 12.1 Å². The van der Waals surface area contributed by atoms with Crippen molar-refractivity contribution in [2.75, 3.05) is 6.61 Å². The van der Waals surface area contributed by atoms with E-state index >= 15 is 0 Å². The monoisotopic (exact) mass is 353 g/mol. The lowest BCUT2D eigenvalue weighted by Gasteiger charge is -2.29. The van der Waals surface area contributed by atoms with Gasteiger partial charge in [-0.2, -0.15) is 0 Å². The molecule has 7 heteroatoms. The van der Waals surface area contributed by atoms with Gasteiger partial charge < -0.3 is 14.3 Å². The Labute approximate surface area is 149 Å². The Morgan fingerprint density at radius 2 is 1.58 bits per heavy atom. The second kappa shape index (κ2) is 6.70. The van der Waals surface area contributed by atoms with E-state index in [-0.39, 0.29) is 17.5 Å². The summed E-state index contributed by atoms with van der Waals surface area (Å²) in [5, 5.41) is 0.489. The van der Waals surface area contributed by atoms with Crippen molar-refractivity contribution < 1.29 is 28.7 Å². The highest BCUT2D eigenvalue weighted by Crippen LogP contribution is 2.28. The van der Waals surface area contributed by atoms with Crippen LogP contribution in [0.25, 0.3) is 0 Å². The third-order valence-corrected chi connectivity index (χ3v) is 4.21. The van der Waals surface area contributed by atoms with Crippen LogP contribution in [0.2, 0.25) is 0 Å². The maximum absolute atomic E-state index is 12.4. The molecular formula is C19H15NO6. The molecule has 2 unspecified atom stereocenters. The Balaban J connectivity index is 1.45. The second-order valence-corrected chi connectivity index (χ2v) is 5.89. The molecule has 1 saturated heterocycles. The summed E-state index contributed by atoms with van der Waals surface area (Å²) < 4.78 is 11.2. The number of benzene rings is 2. The van der Waals surface area contributed by atoms with E-state index in [0.717, 1.165) is 5.56 Å². The molecule has 4 rings (SSSR count). The zero-order valence-electron chi connectivity index (χ0n) is 13.7. The van der Waals surface area contributed by atoms with E-state index in [0.29, 0.717) is 11.7 Å². The smallest absolute Gasteiger partial charge is 0.348 e. The van der Waals surface area contributed by atoms with Crippen LogP contribution in [0.15, 0.2) is 54.6 Å². The number of ether oxygens (including phenoxy) is 2. The van der Waals surface area contributed by atoms with Crippen LogP contribution in [0.3, 0.4) is 0 Å². The minimum Gasteiger partial charge on any atom is -0.348 e. The molecule has 0 aromatic heterocycles. The Kier molecular flexibility index (Phi) is 4.24. The Bertz CT molecular complexity index is 830. The number of nitrogens with zero attached hydrogens (tertiary/aromatic N) is 1. The molecule has 2 aliphatic heterocycles. The summed E-state index contributed by atoms with van der Waals surface area (Å²) >= 11 is 0. The van der Waals surface area contributed by atoms with Crippen molar-refractivity contribution in [3.8, 4) is 0 Å². The molecule has 2 aliphatic rings. The number of hydrogen-bond donors (Lipinski definition) is 0. The van der Waals surface area contributed by atoms with Gasteiger partial charge in [-0.15, -0.1) is 0 Å².